The Morgan fingerprint density at radius 3 is 2.53 bits per heavy atom. The zero-order valence-corrected chi connectivity index (χ0v) is 8.06. The minimum atomic E-state index is -4.50. The second-order valence-electron chi connectivity index (χ2n) is 2.91. The summed E-state index contributed by atoms with van der Waals surface area (Å²) >= 11 is 0. The molecule has 15 heavy (non-hydrogen) atoms. The summed E-state index contributed by atoms with van der Waals surface area (Å²) in [6, 6.07) is 3.61. The van der Waals surface area contributed by atoms with Crippen LogP contribution in [0.15, 0.2) is 18.2 Å². The highest BCUT2D eigenvalue weighted by atomic mass is 19.4. The van der Waals surface area contributed by atoms with E-state index in [0.717, 1.165) is 6.07 Å². The van der Waals surface area contributed by atoms with Crippen molar-refractivity contribution in [1.82, 2.24) is 0 Å². The van der Waals surface area contributed by atoms with Crippen molar-refractivity contribution in [3.8, 4) is 0 Å². The molecule has 1 N–H and O–H groups in total. The molecule has 2 nitrogen and oxygen atoms in total. The van der Waals surface area contributed by atoms with Gasteiger partial charge in [-0.05, 0) is 19.1 Å². The minimum Gasteiger partial charge on any atom is -0.385 e. The van der Waals surface area contributed by atoms with Gasteiger partial charge in [0.1, 0.15) is 0 Å². The van der Waals surface area contributed by atoms with E-state index in [4.69, 9.17) is 0 Å². The highest BCUT2D eigenvalue weighted by molar-refractivity contribution is 5.86. The number of hydrogen-bond acceptors (Lipinski definition) is 2. The molecule has 82 valence electrons. The first kappa shape index (κ1) is 11.6. The molecule has 0 bridgehead atoms. The molecule has 0 heterocycles. The number of aldehydes is 1. The van der Waals surface area contributed by atoms with Crippen molar-refractivity contribution in [2.24, 2.45) is 0 Å². The lowest BCUT2D eigenvalue weighted by molar-refractivity contribution is -0.137. The molecule has 1 rings (SSSR count). The Labute approximate surface area is 85.1 Å². The van der Waals surface area contributed by atoms with E-state index < -0.39 is 11.7 Å². The van der Waals surface area contributed by atoms with E-state index in [9.17, 15) is 18.0 Å². The number of carbonyl (C=O) groups excluding carboxylic acids is 1. The van der Waals surface area contributed by atoms with Crippen molar-refractivity contribution >= 4 is 12.0 Å². The van der Waals surface area contributed by atoms with Crippen LogP contribution < -0.4 is 5.32 Å². The molecule has 0 aliphatic carbocycles. The van der Waals surface area contributed by atoms with Crippen molar-refractivity contribution in [2.45, 2.75) is 13.1 Å². The summed E-state index contributed by atoms with van der Waals surface area (Å²) in [6.07, 6.45) is -4.28. The Bertz CT molecular complexity index is 360. The molecule has 0 unspecified atom stereocenters. The molecular weight excluding hydrogens is 207 g/mol. The number of alkyl halides is 3. The highest BCUT2D eigenvalue weighted by Gasteiger charge is 2.34. The average Bonchev–Trinajstić information content (AvgIpc) is 2.16. The maximum Gasteiger partial charge on any atom is 0.417 e. The monoisotopic (exact) mass is 217 g/mol. The third-order valence-electron chi connectivity index (χ3n) is 1.90. The molecule has 5 heteroatoms. The molecular formula is C10H10F3NO. The lowest BCUT2D eigenvalue weighted by Gasteiger charge is -2.13. The van der Waals surface area contributed by atoms with Gasteiger partial charge >= 0.3 is 6.18 Å². The molecule has 0 atom stereocenters. The van der Waals surface area contributed by atoms with Gasteiger partial charge in [0.2, 0.25) is 0 Å². The first-order valence-corrected chi connectivity index (χ1v) is 4.40. The van der Waals surface area contributed by atoms with E-state index in [1.165, 1.54) is 12.1 Å². The lowest BCUT2D eigenvalue weighted by Crippen LogP contribution is -2.11. The van der Waals surface area contributed by atoms with Crippen molar-refractivity contribution in [3.05, 3.63) is 29.3 Å². The molecule has 0 fully saturated rings. The summed E-state index contributed by atoms with van der Waals surface area (Å²) in [5.74, 6) is 0. The molecule has 1 aromatic carbocycles. The Kier molecular flexibility index (Phi) is 3.34. The van der Waals surface area contributed by atoms with Gasteiger partial charge in [0.05, 0.1) is 5.56 Å². The van der Waals surface area contributed by atoms with Crippen LogP contribution in [0.1, 0.15) is 22.8 Å². The van der Waals surface area contributed by atoms with Crippen LogP contribution >= 0.6 is 0 Å². The van der Waals surface area contributed by atoms with Gasteiger partial charge in [0.15, 0.2) is 6.29 Å². The minimum absolute atomic E-state index is 0.210. The Morgan fingerprint density at radius 1 is 1.40 bits per heavy atom. The average molecular weight is 217 g/mol. The maximum atomic E-state index is 12.5. The van der Waals surface area contributed by atoms with Crippen LogP contribution in [0.4, 0.5) is 18.9 Å². The lowest BCUT2D eigenvalue weighted by atomic mass is 10.1. The molecule has 0 saturated heterocycles. The molecule has 0 amide bonds. The van der Waals surface area contributed by atoms with E-state index in [1.807, 2.05) is 0 Å². The van der Waals surface area contributed by atoms with E-state index >= 15 is 0 Å². The van der Waals surface area contributed by atoms with E-state index in [-0.39, 0.29) is 17.5 Å². The fourth-order valence-corrected chi connectivity index (χ4v) is 1.28. The van der Waals surface area contributed by atoms with E-state index in [0.29, 0.717) is 6.54 Å². The number of anilines is 1. The SMILES string of the molecule is CCNc1cccc(C(F)(F)F)c1C=O. The largest absolute Gasteiger partial charge is 0.417 e. The summed E-state index contributed by atoms with van der Waals surface area (Å²) in [4.78, 5) is 10.6. The van der Waals surface area contributed by atoms with Crippen molar-refractivity contribution < 1.29 is 18.0 Å². The number of nitrogens with one attached hydrogen (secondary N) is 1. The molecule has 0 aliphatic heterocycles. The van der Waals surface area contributed by atoms with Crippen LogP contribution in [0.2, 0.25) is 0 Å². The maximum absolute atomic E-state index is 12.5. The summed E-state index contributed by atoms with van der Waals surface area (Å²) in [6.45, 7) is 2.21. The van der Waals surface area contributed by atoms with Crippen molar-refractivity contribution in [3.63, 3.8) is 0 Å². The fraction of sp³-hybridized carbons (Fsp3) is 0.300. The molecule has 0 aromatic heterocycles. The predicted octanol–water partition coefficient (Wildman–Crippen LogP) is 2.95. The molecule has 1 aromatic rings. The summed E-state index contributed by atoms with van der Waals surface area (Å²) in [5.41, 5.74) is -1.04. The van der Waals surface area contributed by atoms with E-state index in [2.05, 4.69) is 5.32 Å². The standard InChI is InChI=1S/C10H10F3NO/c1-2-14-9-5-3-4-8(7(9)6-15)10(11,12)13/h3-6,14H,2H2,1H3. The van der Waals surface area contributed by atoms with Crippen LogP contribution in [-0.2, 0) is 6.18 Å². The third kappa shape index (κ3) is 2.49. The van der Waals surface area contributed by atoms with Gasteiger partial charge in [0.25, 0.3) is 0 Å². The Balaban J connectivity index is 3.28. The number of halogens is 3. The van der Waals surface area contributed by atoms with Crippen LogP contribution in [0.5, 0.6) is 0 Å². The van der Waals surface area contributed by atoms with Crippen LogP contribution in [0.25, 0.3) is 0 Å². The van der Waals surface area contributed by atoms with Crippen LogP contribution in [0, 0.1) is 0 Å². The van der Waals surface area contributed by atoms with Gasteiger partial charge in [-0.3, -0.25) is 4.79 Å². The second-order valence-corrected chi connectivity index (χ2v) is 2.91. The fourth-order valence-electron chi connectivity index (χ4n) is 1.28. The number of rotatable bonds is 3. The smallest absolute Gasteiger partial charge is 0.385 e. The zero-order valence-electron chi connectivity index (χ0n) is 8.06. The van der Waals surface area contributed by atoms with Gasteiger partial charge in [-0.2, -0.15) is 13.2 Å². The number of carbonyl (C=O) groups is 1. The molecule has 0 aliphatic rings. The van der Waals surface area contributed by atoms with Crippen LogP contribution in [0.3, 0.4) is 0 Å². The number of hydrogen-bond donors (Lipinski definition) is 1. The molecule has 0 radical (unpaired) electrons. The first-order valence-electron chi connectivity index (χ1n) is 4.40. The van der Waals surface area contributed by atoms with Gasteiger partial charge < -0.3 is 5.32 Å². The Morgan fingerprint density at radius 2 is 2.07 bits per heavy atom. The Hall–Kier alpha value is -1.52. The third-order valence-corrected chi connectivity index (χ3v) is 1.90. The van der Waals surface area contributed by atoms with Gasteiger partial charge in [-0.1, -0.05) is 6.07 Å². The van der Waals surface area contributed by atoms with Gasteiger partial charge in [-0.25, -0.2) is 0 Å². The normalized spacial score (nSPS) is 11.2. The van der Waals surface area contributed by atoms with Gasteiger partial charge in [0, 0.05) is 17.8 Å². The molecule has 0 spiro atoms. The van der Waals surface area contributed by atoms with Crippen molar-refractivity contribution in [2.75, 3.05) is 11.9 Å². The molecule has 0 saturated carbocycles. The first-order chi connectivity index (χ1) is 7.00. The van der Waals surface area contributed by atoms with Crippen molar-refractivity contribution in [1.29, 1.82) is 0 Å². The van der Waals surface area contributed by atoms with Crippen LogP contribution in [-0.4, -0.2) is 12.8 Å². The number of benzene rings is 1. The topological polar surface area (TPSA) is 29.1 Å². The summed E-state index contributed by atoms with van der Waals surface area (Å²) in [7, 11) is 0. The second kappa shape index (κ2) is 4.33. The zero-order chi connectivity index (χ0) is 11.5. The predicted molar refractivity (Wildman–Crippen MR) is 51.0 cm³/mol. The summed E-state index contributed by atoms with van der Waals surface area (Å²) < 4.78 is 37.4. The van der Waals surface area contributed by atoms with E-state index in [1.54, 1.807) is 6.92 Å². The quantitative estimate of drug-likeness (QED) is 0.788. The highest BCUT2D eigenvalue weighted by Crippen LogP contribution is 2.34. The van der Waals surface area contributed by atoms with Gasteiger partial charge in [-0.15, -0.1) is 0 Å². The summed E-state index contributed by atoms with van der Waals surface area (Å²) in [5, 5.41) is 2.71.